The zero-order valence-electron chi connectivity index (χ0n) is 49.3. The molecule has 0 rings (SSSR count). The van der Waals surface area contributed by atoms with Gasteiger partial charge in [0.2, 0.25) is 0 Å². The Hall–Kier alpha value is -3.86. The average Bonchev–Trinajstić information content (AvgIpc) is 3.43. The largest absolute Gasteiger partial charge is 0.472 e. The SMILES string of the molecule is CC/C=C\C/C=C\C/C=C\C/C=C\CCCCCCCCC(=O)OC(COC(=O)CCCCCC/C=C\C/C=C\C/C=C\C/C=C\CC)COP(=O)(O)OCC(CO)OC(=O)CCCCCCC/C=C\CCCCCCCC. The first-order valence-corrected chi connectivity index (χ1v) is 32.3. The highest BCUT2D eigenvalue weighted by atomic mass is 31.2. The highest BCUT2D eigenvalue weighted by Gasteiger charge is 2.28. The summed E-state index contributed by atoms with van der Waals surface area (Å²) in [6.45, 7) is 4.37. The molecule has 0 fully saturated rings. The first-order chi connectivity index (χ1) is 38.2. The fourth-order valence-corrected chi connectivity index (χ4v) is 8.82. The number of esters is 3. The van der Waals surface area contributed by atoms with Crippen LogP contribution < -0.4 is 0 Å². The molecule has 0 saturated heterocycles. The Kier molecular flexibility index (Phi) is 56.3. The van der Waals surface area contributed by atoms with Gasteiger partial charge >= 0.3 is 25.7 Å². The van der Waals surface area contributed by atoms with Gasteiger partial charge in [0.25, 0.3) is 0 Å². The van der Waals surface area contributed by atoms with Crippen molar-refractivity contribution in [3.05, 3.63) is 109 Å². The molecular weight excluding hydrogens is 1000 g/mol. The van der Waals surface area contributed by atoms with Crippen LogP contribution in [0.2, 0.25) is 0 Å². The quantitative estimate of drug-likeness (QED) is 0.0197. The number of ether oxygens (including phenoxy) is 3. The minimum absolute atomic E-state index is 0.140. The van der Waals surface area contributed by atoms with Crippen molar-refractivity contribution in [3.8, 4) is 0 Å². The zero-order valence-corrected chi connectivity index (χ0v) is 50.2. The molecule has 78 heavy (non-hydrogen) atoms. The molecule has 0 amide bonds. The molecule has 3 unspecified atom stereocenters. The summed E-state index contributed by atoms with van der Waals surface area (Å²) >= 11 is 0. The van der Waals surface area contributed by atoms with Crippen LogP contribution in [0.4, 0.5) is 0 Å². The lowest BCUT2D eigenvalue weighted by molar-refractivity contribution is -0.161. The minimum atomic E-state index is -4.77. The number of carbonyl (C=O) groups excluding carboxylic acids is 3. The molecule has 0 aromatic carbocycles. The van der Waals surface area contributed by atoms with Gasteiger partial charge in [-0.3, -0.25) is 23.4 Å². The third-order valence-corrected chi connectivity index (χ3v) is 13.6. The number of aliphatic hydroxyl groups is 1. The summed E-state index contributed by atoms with van der Waals surface area (Å²) in [5.74, 6) is -1.52. The number of unbranched alkanes of at least 4 members (excludes halogenated alkanes) is 21. The lowest BCUT2D eigenvalue weighted by Crippen LogP contribution is -2.30. The van der Waals surface area contributed by atoms with Crippen LogP contribution in [0.1, 0.15) is 252 Å². The third-order valence-electron chi connectivity index (χ3n) is 12.7. The summed E-state index contributed by atoms with van der Waals surface area (Å²) in [5, 5.41) is 9.84. The highest BCUT2D eigenvalue weighted by Crippen LogP contribution is 2.43. The van der Waals surface area contributed by atoms with Crippen molar-refractivity contribution in [2.24, 2.45) is 0 Å². The zero-order chi connectivity index (χ0) is 56.9. The number of hydrogen-bond acceptors (Lipinski definition) is 10. The molecule has 2 N–H and O–H groups in total. The van der Waals surface area contributed by atoms with Crippen LogP contribution >= 0.6 is 7.82 Å². The predicted octanol–water partition coefficient (Wildman–Crippen LogP) is 18.6. The van der Waals surface area contributed by atoms with Crippen LogP contribution in [0.25, 0.3) is 0 Å². The van der Waals surface area contributed by atoms with E-state index in [1.54, 1.807) is 0 Å². The lowest BCUT2D eigenvalue weighted by Gasteiger charge is -2.21. The minimum Gasteiger partial charge on any atom is -0.462 e. The molecule has 0 saturated carbocycles. The Morgan fingerprint density at radius 2 is 0.667 bits per heavy atom. The van der Waals surface area contributed by atoms with E-state index in [1.807, 2.05) is 0 Å². The van der Waals surface area contributed by atoms with Gasteiger partial charge < -0.3 is 24.2 Å². The maximum absolute atomic E-state index is 12.9. The molecule has 12 heteroatoms. The molecule has 0 radical (unpaired) electrons. The van der Waals surface area contributed by atoms with Crippen molar-refractivity contribution in [1.82, 2.24) is 0 Å². The summed E-state index contributed by atoms with van der Waals surface area (Å²) in [5.41, 5.74) is 0. The van der Waals surface area contributed by atoms with Gasteiger partial charge in [0.15, 0.2) is 6.10 Å². The van der Waals surface area contributed by atoms with Gasteiger partial charge in [0.05, 0.1) is 19.8 Å². The van der Waals surface area contributed by atoms with Crippen molar-refractivity contribution >= 4 is 25.7 Å². The summed E-state index contributed by atoms with van der Waals surface area (Å²) in [6.07, 6.45) is 71.8. The maximum Gasteiger partial charge on any atom is 0.472 e. The van der Waals surface area contributed by atoms with Crippen molar-refractivity contribution in [2.45, 2.75) is 264 Å². The van der Waals surface area contributed by atoms with Crippen LogP contribution in [-0.2, 0) is 42.2 Å². The van der Waals surface area contributed by atoms with E-state index in [-0.39, 0.29) is 25.9 Å². The van der Waals surface area contributed by atoms with Crippen LogP contribution in [-0.4, -0.2) is 66.5 Å². The van der Waals surface area contributed by atoms with E-state index in [0.717, 1.165) is 154 Å². The van der Waals surface area contributed by atoms with Gasteiger partial charge in [-0.05, 0) is 122 Å². The van der Waals surface area contributed by atoms with E-state index in [9.17, 15) is 28.9 Å². The van der Waals surface area contributed by atoms with Gasteiger partial charge in [0, 0.05) is 19.3 Å². The number of phosphoric ester groups is 1. The number of allylic oxidation sites excluding steroid dienone is 18. The van der Waals surface area contributed by atoms with E-state index in [2.05, 4.69) is 130 Å². The number of aliphatic hydroxyl groups excluding tert-OH is 1. The first-order valence-electron chi connectivity index (χ1n) is 30.8. The van der Waals surface area contributed by atoms with Crippen molar-refractivity contribution < 1.29 is 52.2 Å². The van der Waals surface area contributed by atoms with E-state index in [0.29, 0.717) is 19.3 Å². The highest BCUT2D eigenvalue weighted by molar-refractivity contribution is 7.47. The van der Waals surface area contributed by atoms with Gasteiger partial charge in [-0.15, -0.1) is 0 Å². The molecule has 446 valence electrons. The summed E-state index contributed by atoms with van der Waals surface area (Å²) in [6, 6.07) is 0. The van der Waals surface area contributed by atoms with Gasteiger partial charge in [-0.25, -0.2) is 4.57 Å². The van der Waals surface area contributed by atoms with Gasteiger partial charge in [0.1, 0.15) is 12.7 Å². The predicted molar refractivity (Wildman–Crippen MR) is 325 cm³/mol. The molecular formula is C66H111O11P. The Balaban J connectivity index is 4.80. The van der Waals surface area contributed by atoms with E-state index in [1.165, 1.54) is 38.5 Å². The molecule has 3 atom stereocenters. The van der Waals surface area contributed by atoms with Crippen LogP contribution in [0.3, 0.4) is 0 Å². The molecule has 0 aliphatic rings. The van der Waals surface area contributed by atoms with Crippen molar-refractivity contribution in [3.63, 3.8) is 0 Å². The molecule has 11 nitrogen and oxygen atoms in total. The number of rotatable bonds is 56. The third kappa shape index (κ3) is 56.8. The molecule has 0 aliphatic heterocycles. The van der Waals surface area contributed by atoms with Gasteiger partial charge in [-0.1, -0.05) is 220 Å². The van der Waals surface area contributed by atoms with Crippen molar-refractivity contribution in [2.75, 3.05) is 26.4 Å². The fourth-order valence-electron chi connectivity index (χ4n) is 8.04. The van der Waals surface area contributed by atoms with Crippen LogP contribution in [0.15, 0.2) is 109 Å². The number of hydrogen-bond donors (Lipinski definition) is 2. The first kappa shape index (κ1) is 74.1. The lowest BCUT2D eigenvalue weighted by atomic mass is 10.1. The summed E-state index contributed by atoms with van der Waals surface area (Å²) in [4.78, 5) is 48.7. The second-order valence-electron chi connectivity index (χ2n) is 20.1. The smallest absolute Gasteiger partial charge is 0.462 e. The molecule has 0 aromatic rings. The molecule has 0 heterocycles. The molecule has 0 bridgehead atoms. The second kappa shape index (κ2) is 59.3. The Morgan fingerprint density at radius 3 is 1.04 bits per heavy atom. The monoisotopic (exact) mass is 1110 g/mol. The van der Waals surface area contributed by atoms with Crippen LogP contribution in [0, 0.1) is 0 Å². The van der Waals surface area contributed by atoms with E-state index < -0.39 is 57.8 Å². The average molecular weight is 1110 g/mol. The Morgan fingerprint density at radius 1 is 0.372 bits per heavy atom. The fraction of sp³-hybridized carbons (Fsp3) is 0.682. The summed E-state index contributed by atoms with van der Waals surface area (Å²) in [7, 11) is -4.77. The summed E-state index contributed by atoms with van der Waals surface area (Å²) < 4.78 is 39.6. The standard InChI is InChI=1S/C66H111O11P/c1-4-7-10-13-16-19-22-25-28-30-31-33-36-39-42-45-48-51-54-57-66(70)77-63(59-73-64(68)55-52-49-46-43-40-37-35-32-29-26-23-20-17-14-11-8-5-2)61-75-78(71,72)74-60-62(58-67)76-65(69)56-53-50-47-44-41-38-34-27-24-21-18-15-12-9-6-3/h7-8,10-11,16-17,19-20,25-29,31,33-35,37,62-63,67H,4-6,9,12-15,18,21-24,30,32,36,38-61H2,1-3H3,(H,71,72)/b10-7-,11-8-,19-16-,20-17-,28-25-,29-26-,33-31-,34-27-,37-35-. The molecule has 0 spiro atoms. The number of phosphoric acid groups is 1. The topological polar surface area (TPSA) is 155 Å². The molecule has 0 aromatic heterocycles. The number of carbonyl (C=O) groups is 3. The molecule has 0 aliphatic carbocycles. The van der Waals surface area contributed by atoms with E-state index >= 15 is 0 Å². The second-order valence-corrected chi connectivity index (χ2v) is 21.6. The van der Waals surface area contributed by atoms with Crippen molar-refractivity contribution in [1.29, 1.82) is 0 Å². The van der Waals surface area contributed by atoms with Gasteiger partial charge in [-0.2, -0.15) is 0 Å². The maximum atomic E-state index is 12.9. The Labute approximate surface area is 475 Å². The van der Waals surface area contributed by atoms with Crippen LogP contribution in [0.5, 0.6) is 0 Å². The normalized spacial score (nSPS) is 14.1. The van der Waals surface area contributed by atoms with E-state index in [4.69, 9.17) is 23.3 Å². The Bertz CT molecular complexity index is 1720.